The number of ether oxygens (including phenoxy) is 2. The van der Waals surface area contributed by atoms with Crippen molar-refractivity contribution >= 4 is 40.1 Å². The van der Waals surface area contributed by atoms with Crippen LogP contribution in [-0.4, -0.2) is 44.2 Å². The van der Waals surface area contributed by atoms with Gasteiger partial charge in [0.25, 0.3) is 0 Å². The molecule has 0 bridgehead atoms. The molecule has 0 saturated carbocycles. The van der Waals surface area contributed by atoms with E-state index in [1.54, 1.807) is 32.0 Å². The van der Waals surface area contributed by atoms with Crippen LogP contribution >= 0.6 is 35.0 Å². The minimum absolute atomic E-state index is 0.650. The van der Waals surface area contributed by atoms with Gasteiger partial charge in [0, 0.05) is 22.3 Å². The van der Waals surface area contributed by atoms with E-state index < -0.39 is 0 Å². The van der Waals surface area contributed by atoms with Crippen LogP contribution in [0.25, 0.3) is 0 Å². The molecular formula is C20H23Cl2N3O2S. The maximum absolute atomic E-state index is 6.23. The summed E-state index contributed by atoms with van der Waals surface area (Å²) in [6.07, 6.45) is 0.917. The summed E-state index contributed by atoms with van der Waals surface area (Å²) >= 11 is 13.8. The average molecular weight is 440 g/mol. The third kappa shape index (κ3) is 5.70. The van der Waals surface area contributed by atoms with Crippen LogP contribution < -0.4 is 14.8 Å². The first-order chi connectivity index (χ1) is 13.6. The van der Waals surface area contributed by atoms with Gasteiger partial charge in [0.2, 0.25) is 0 Å². The number of hydrogen-bond donors (Lipinski definition) is 1. The van der Waals surface area contributed by atoms with Crippen LogP contribution in [0.1, 0.15) is 11.1 Å². The number of aliphatic imine (C=N–C) groups is 1. The number of amidine groups is 1. The third-order valence-electron chi connectivity index (χ3n) is 4.41. The maximum Gasteiger partial charge on any atom is 0.160 e. The van der Waals surface area contributed by atoms with Crippen LogP contribution in [0.15, 0.2) is 41.4 Å². The van der Waals surface area contributed by atoms with Crippen molar-refractivity contribution in [3.8, 4) is 11.5 Å². The fourth-order valence-electron chi connectivity index (χ4n) is 2.80. The van der Waals surface area contributed by atoms with E-state index in [0.29, 0.717) is 16.7 Å². The molecule has 2 aromatic rings. The monoisotopic (exact) mass is 439 g/mol. The summed E-state index contributed by atoms with van der Waals surface area (Å²) in [6.45, 7) is 2.36. The molecule has 150 valence electrons. The summed E-state index contributed by atoms with van der Waals surface area (Å²) in [5.74, 6) is 2.26. The summed E-state index contributed by atoms with van der Waals surface area (Å²) in [7, 11) is 3.30. The van der Waals surface area contributed by atoms with E-state index in [2.05, 4.69) is 21.3 Å². The van der Waals surface area contributed by atoms with Crippen LogP contribution in [0, 0.1) is 0 Å². The molecule has 1 N–H and O–H groups in total. The van der Waals surface area contributed by atoms with Gasteiger partial charge in [-0.2, -0.15) is 0 Å². The van der Waals surface area contributed by atoms with Gasteiger partial charge in [-0.05, 0) is 41.8 Å². The number of nitrogens with one attached hydrogen (secondary N) is 1. The Morgan fingerprint density at radius 1 is 1.11 bits per heavy atom. The fourth-order valence-corrected chi connectivity index (χ4v) is 4.22. The Kier molecular flexibility index (Phi) is 7.73. The second-order valence-electron chi connectivity index (χ2n) is 6.30. The lowest BCUT2D eigenvalue weighted by atomic mass is 10.1. The highest BCUT2D eigenvalue weighted by molar-refractivity contribution is 8.13. The molecule has 1 aliphatic rings. The molecule has 0 spiro atoms. The van der Waals surface area contributed by atoms with Crippen LogP contribution in [0.5, 0.6) is 11.5 Å². The summed E-state index contributed by atoms with van der Waals surface area (Å²) in [5, 5.41) is 5.65. The average Bonchev–Trinajstić information content (AvgIpc) is 2.72. The molecule has 0 aromatic heterocycles. The summed E-state index contributed by atoms with van der Waals surface area (Å²) in [4.78, 5) is 6.89. The van der Waals surface area contributed by atoms with Gasteiger partial charge in [-0.1, -0.05) is 47.1 Å². The lowest BCUT2D eigenvalue weighted by Gasteiger charge is -2.26. The Morgan fingerprint density at radius 2 is 1.93 bits per heavy atom. The van der Waals surface area contributed by atoms with Crippen molar-refractivity contribution in [1.82, 2.24) is 10.2 Å². The number of hydrogen-bond acceptors (Lipinski definition) is 6. The largest absolute Gasteiger partial charge is 0.493 e. The van der Waals surface area contributed by atoms with Gasteiger partial charge >= 0.3 is 0 Å². The Balaban J connectivity index is 1.47. The SMILES string of the molecule is COc1ccc(CCN2CN=C(SCc3ccc(Cl)cc3Cl)NC2)cc1OC. The smallest absolute Gasteiger partial charge is 0.160 e. The first kappa shape index (κ1) is 21.1. The lowest BCUT2D eigenvalue weighted by molar-refractivity contribution is 0.270. The fraction of sp³-hybridized carbons (Fsp3) is 0.350. The predicted molar refractivity (Wildman–Crippen MR) is 118 cm³/mol. The number of benzene rings is 2. The van der Waals surface area contributed by atoms with Gasteiger partial charge in [0.15, 0.2) is 16.7 Å². The predicted octanol–water partition coefficient (Wildman–Crippen LogP) is 4.66. The third-order valence-corrected chi connectivity index (χ3v) is 6.00. The van der Waals surface area contributed by atoms with E-state index in [-0.39, 0.29) is 0 Å². The molecule has 0 amide bonds. The van der Waals surface area contributed by atoms with Gasteiger partial charge in [-0.25, -0.2) is 4.99 Å². The second kappa shape index (κ2) is 10.3. The number of rotatable bonds is 7. The van der Waals surface area contributed by atoms with E-state index in [4.69, 9.17) is 32.7 Å². The van der Waals surface area contributed by atoms with E-state index >= 15 is 0 Å². The number of thioether (sulfide) groups is 1. The number of methoxy groups -OCH3 is 2. The summed E-state index contributed by atoms with van der Waals surface area (Å²) < 4.78 is 10.7. The molecule has 1 heterocycles. The first-order valence-electron chi connectivity index (χ1n) is 8.87. The zero-order valence-corrected chi connectivity index (χ0v) is 18.2. The molecule has 0 atom stereocenters. The van der Waals surface area contributed by atoms with Crippen LogP contribution in [0.4, 0.5) is 0 Å². The van der Waals surface area contributed by atoms with E-state index in [0.717, 1.165) is 47.6 Å². The first-order valence-corrected chi connectivity index (χ1v) is 10.6. The molecule has 3 rings (SSSR count). The molecular weight excluding hydrogens is 417 g/mol. The quantitative estimate of drug-likeness (QED) is 0.679. The lowest BCUT2D eigenvalue weighted by Crippen LogP contribution is -2.42. The standard InChI is InChI=1S/C20H23Cl2N3O2S/c1-26-18-6-3-14(9-19(18)27-2)7-8-25-12-23-20(24-13-25)28-11-15-4-5-16(21)10-17(15)22/h3-6,9-10H,7-8,11-13H2,1-2H3,(H,23,24). The second-order valence-corrected chi connectivity index (χ2v) is 8.11. The molecule has 0 fully saturated rings. The normalized spacial score (nSPS) is 14.4. The van der Waals surface area contributed by atoms with E-state index in [1.807, 2.05) is 24.3 Å². The van der Waals surface area contributed by atoms with E-state index in [9.17, 15) is 0 Å². The van der Waals surface area contributed by atoms with Crippen molar-refractivity contribution in [2.24, 2.45) is 4.99 Å². The Labute approximate surface area is 180 Å². The van der Waals surface area contributed by atoms with Crippen molar-refractivity contribution in [3.05, 3.63) is 57.6 Å². The van der Waals surface area contributed by atoms with Gasteiger partial charge < -0.3 is 14.8 Å². The molecule has 0 radical (unpaired) electrons. The summed E-state index contributed by atoms with van der Waals surface area (Å²) in [6, 6.07) is 11.6. The van der Waals surface area contributed by atoms with E-state index in [1.165, 1.54) is 5.56 Å². The number of nitrogens with zero attached hydrogens (tertiary/aromatic N) is 2. The van der Waals surface area contributed by atoms with Gasteiger partial charge in [0.1, 0.15) is 0 Å². The van der Waals surface area contributed by atoms with Crippen molar-refractivity contribution < 1.29 is 9.47 Å². The highest BCUT2D eigenvalue weighted by Gasteiger charge is 2.14. The molecule has 5 nitrogen and oxygen atoms in total. The molecule has 0 unspecified atom stereocenters. The Morgan fingerprint density at radius 3 is 2.61 bits per heavy atom. The maximum atomic E-state index is 6.23. The molecule has 0 aliphatic carbocycles. The van der Waals surface area contributed by atoms with Crippen LogP contribution in [-0.2, 0) is 12.2 Å². The Bertz CT molecular complexity index is 848. The molecule has 2 aromatic carbocycles. The topological polar surface area (TPSA) is 46.1 Å². The van der Waals surface area contributed by atoms with Crippen LogP contribution in [0.3, 0.4) is 0 Å². The number of halogens is 2. The minimum Gasteiger partial charge on any atom is -0.493 e. The van der Waals surface area contributed by atoms with Crippen molar-refractivity contribution in [2.75, 3.05) is 34.1 Å². The van der Waals surface area contributed by atoms with Crippen molar-refractivity contribution in [1.29, 1.82) is 0 Å². The van der Waals surface area contributed by atoms with Crippen LogP contribution in [0.2, 0.25) is 10.0 Å². The zero-order valence-electron chi connectivity index (χ0n) is 15.9. The van der Waals surface area contributed by atoms with Gasteiger partial charge in [-0.3, -0.25) is 4.90 Å². The molecule has 1 aliphatic heterocycles. The highest BCUT2D eigenvalue weighted by Crippen LogP contribution is 2.28. The van der Waals surface area contributed by atoms with Crippen molar-refractivity contribution in [2.45, 2.75) is 12.2 Å². The highest BCUT2D eigenvalue weighted by atomic mass is 35.5. The van der Waals surface area contributed by atoms with Gasteiger partial charge in [0.05, 0.1) is 27.6 Å². The summed E-state index contributed by atoms with van der Waals surface area (Å²) in [5.41, 5.74) is 2.26. The van der Waals surface area contributed by atoms with Crippen molar-refractivity contribution in [3.63, 3.8) is 0 Å². The molecule has 28 heavy (non-hydrogen) atoms. The Hall–Kier alpha value is -1.60. The zero-order chi connectivity index (χ0) is 19.9. The van der Waals surface area contributed by atoms with Gasteiger partial charge in [-0.15, -0.1) is 0 Å². The minimum atomic E-state index is 0.650. The molecule has 8 heteroatoms. The molecule has 0 saturated heterocycles.